The number of imidazole rings is 1. The maximum Gasteiger partial charge on any atom is 0.271 e. The molecule has 1 amide bonds. The Balaban J connectivity index is 2.27. The van der Waals surface area contributed by atoms with Crippen molar-refractivity contribution >= 4 is 15.7 Å². The number of carbonyl (C=O) groups is 1. The number of amides is 1. The van der Waals surface area contributed by atoms with Crippen molar-refractivity contribution in [3.05, 3.63) is 42.2 Å². The highest BCUT2D eigenvalue weighted by atomic mass is 32.2. The van der Waals surface area contributed by atoms with E-state index in [0.717, 1.165) is 6.26 Å². The average Bonchev–Trinajstić information content (AvgIpc) is 2.91. The summed E-state index contributed by atoms with van der Waals surface area (Å²) >= 11 is 0. The van der Waals surface area contributed by atoms with Gasteiger partial charge in [0, 0.05) is 24.8 Å². The highest BCUT2D eigenvalue weighted by Crippen LogP contribution is 2.14. The Morgan fingerprint density at radius 1 is 1.35 bits per heavy atom. The van der Waals surface area contributed by atoms with Gasteiger partial charge in [-0.1, -0.05) is 0 Å². The fraction of sp³-hybridized carbons (Fsp3) is 0.250. The van der Waals surface area contributed by atoms with Crippen LogP contribution in [0, 0.1) is 0 Å². The fourth-order valence-corrected chi connectivity index (χ4v) is 2.53. The van der Waals surface area contributed by atoms with Crippen molar-refractivity contribution in [1.82, 2.24) is 20.3 Å². The van der Waals surface area contributed by atoms with Crippen molar-refractivity contribution in [3.63, 3.8) is 0 Å². The van der Waals surface area contributed by atoms with Crippen LogP contribution in [0.1, 0.15) is 29.3 Å². The molecule has 7 nitrogen and oxygen atoms in total. The van der Waals surface area contributed by atoms with E-state index in [1.54, 1.807) is 19.3 Å². The summed E-state index contributed by atoms with van der Waals surface area (Å²) in [6.45, 7) is 1.74. The molecule has 2 heterocycles. The topological polar surface area (TPSA) is 105 Å². The lowest BCUT2D eigenvalue weighted by molar-refractivity contribution is 0.0929. The molecule has 2 aromatic heterocycles. The van der Waals surface area contributed by atoms with Crippen LogP contribution in [0.2, 0.25) is 0 Å². The molecule has 0 unspecified atom stereocenters. The molecule has 106 valence electrons. The summed E-state index contributed by atoms with van der Waals surface area (Å²) in [5, 5.41) is 2.65. The molecule has 20 heavy (non-hydrogen) atoms. The second kappa shape index (κ2) is 5.41. The number of carbonyl (C=O) groups excluding carboxylic acids is 1. The molecule has 0 aromatic carbocycles. The number of aromatic amines is 1. The number of nitrogens with zero attached hydrogens (tertiary/aromatic N) is 2. The predicted octanol–water partition coefficient (Wildman–Crippen LogP) is 0.699. The largest absolute Gasteiger partial charge is 0.347 e. The summed E-state index contributed by atoms with van der Waals surface area (Å²) in [4.78, 5) is 22.8. The SMILES string of the molecule is C[C@@H](NC(=O)c1ncccc1S(C)(=O)=O)c1ncc[nH]1. The van der Waals surface area contributed by atoms with Gasteiger partial charge in [-0.2, -0.15) is 0 Å². The quantitative estimate of drug-likeness (QED) is 0.863. The van der Waals surface area contributed by atoms with E-state index in [9.17, 15) is 13.2 Å². The molecular formula is C12H14N4O3S. The van der Waals surface area contributed by atoms with Gasteiger partial charge < -0.3 is 10.3 Å². The Kier molecular flexibility index (Phi) is 3.84. The van der Waals surface area contributed by atoms with Crippen molar-refractivity contribution in [2.45, 2.75) is 17.9 Å². The van der Waals surface area contributed by atoms with Gasteiger partial charge >= 0.3 is 0 Å². The molecule has 0 aliphatic rings. The van der Waals surface area contributed by atoms with Crippen LogP contribution in [0.5, 0.6) is 0 Å². The van der Waals surface area contributed by atoms with E-state index in [1.807, 2.05) is 0 Å². The van der Waals surface area contributed by atoms with E-state index in [0.29, 0.717) is 5.82 Å². The van der Waals surface area contributed by atoms with Crippen molar-refractivity contribution < 1.29 is 13.2 Å². The second-order valence-electron chi connectivity index (χ2n) is 4.29. The molecule has 0 aliphatic heterocycles. The molecule has 0 saturated carbocycles. The molecule has 0 radical (unpaired) electrons. The fourth-order valence-electron chi connectivity index (χ4n) is 1.71. The van der Waals surface area contributed by atoms with Gasteiger partial charge in [0.1, 0.15) is 11.5 Å². The number of hydrogen-bond donors (Lipinski definition) is 2. The molecule has 2 rings (SSSR count). The lowest BCUT2D eigenvalue weighted by Gasteiger charge is -2.12. The number of aromatic nitrogens is 3. The number of rotatable bonds is 4. The van der Waals surface area contributed by atoms with Crippen LogP contribution in [0.15, 0.2) is 35.6 Å². The summed E-state index contributed by atoms with van der Waals surface area (Å²) in [5.41, 5.74) is -0.117. The average molecular weight is 294 g/mol. The van der Waals surface area contributed by atoms with Crippen LogP contribution in [0.4, 0.5) is 0 Å². The Bertz CT molecular complexity index is 710. The van der Waals surface area contributed by atoms with Gasteiger partial charge in [0.2, 0.25) is 0 Å². The maximum absolute atomic E-state index is 12.1. The minimum atomic E-state index is -3.51. The second-order valence-corrected chi connectivity index (χ2v) is 6.28. The van der Waals surface area contributed by atoms with Crippen LogP contribution in [0.25, 0.3) is 0 Å². The van der Waals surface area contributed by atoms with Crippen molar-refractivity contribution in [1.29, 1.82) is 0 Å². The number of hydrogen-bond acceptors (Lipinski definition) is 5. The lowest BCUT2D eigenvalue weighted by Crippen LogP contribution is -2.29. The molecule has 0 bridgehead atoms. The number of nitrogens with one attached hydrogen (secondary N) is 2. The highest BCUT2D eigenvalue weighted by Gasteiger charge is 2.21. The zero-order valence-electron chi connectivity index (χ0n) is 11.0. The molecule has 2 aromatic rings. The van der Waals surface area contributed by atoms with Crippen molar-refractivity contribution in [2.24, 2.45) is 0 Å². The normalized spacial score (nSPS) is 12.9. The summed E-state index contributed by atoms with van der Waals surface area (Å²) in [6, 6.07) is 2.45. The zero-order chi connectivity index (χ0) is 14.8. The van der Waals surface area contributed by atoms with Crippen LogP contribution < -0.4 is 5.32 Å². The first-order chi connectivity index (χ1) is 9.39. The Labute approximate surface area is 116 Å². The van der Waals surface area contributed by atoms with Crippen molar-refractivity contribution in [2.75, 3.05) is 6.26 Å². The molecule has 8 heteroatoms. The number of sulfone groups is 1. The first-order valence-electron chi connectivity index (χ1n) is 5.85. The first-order valence-corrected chi connectivity index (χ1v) is 7.74. The van der Waals surface area contributed by atoms with Gasteiger partial charge in [0.25, 0.3) is 5.91 Å². The van der Waals surface area contributed by atoms with Crippen LogP contribution in [-0.2, 0) is 9.84 Å². The van der Waals surface area contributed by atoms with Gasteiger partial charge in [-0.05, 0) is 19.1 Å². The first kappa shape index (κ1) is 14.2. The summed E-state index contributed by atoms with van der Waals surface area (Å²) in [7, 11) is -3.51. The van der Waals surface area contributed by atoms with E-state index in [4.69, 9.17) is 0 Å². The smallest absolute Gasteiger partial charge is 0.271 e. The van der Waals surface area contributed by atoms with E-state index in [1.165, 1.54) is 18.3 Å². The monoisotopic (exact) mass is 294 g/mol. The van der Waals surface area contributed by atoms with Gasteiger partial charge in [0.05, 0.1) is 10.9 Å². The number of H-pyrrole nitrogens is 1. The van der Waals surface area contributed by atoms with E-state index in [2.05, 4.69) is 20.3 Å². The minimum absolute atomic E-state index is 0.0934. The highest BCUT2D eigenvalue weighted by molar-refractivity contribution is 7.90. The van der Waals surface area contributed by atoms with E-state index in [-0.39, 0.29) is 16.6 Å². The number of pyridine rings is 1. The Hall–Kier alpha value is -2.22. The van der Waals surface area contributed by atoms with Crippen molar-refractivity contribution in [3.8, 4) is 0 Å². The molecule has 1 atom stereocenters. The Morgan fingerprint density at radius 3 is 2.70 bits per heavy atom. The summed E-state index contributed by atoms with van der Waals surface area (Å²) in [5.74, 6) is 0.0186. The van der Waals surface area contributed by atoms with E-state index >= 15 is 0 Å². The maximum atomic E-state index is 12.1. The molecule has 0 fully saturated rings. The van der Waals surface area contributed by atoms with Crippen LogP contribution >= 0.6 is 0 Å². The standard InChI is InChI=1S/C12H14N4O3S/c1-8(11-14-6-7-15-11)16-12(17)10-9(20(2,18)19)4-3-5-13-10/h3-8H,1-2H3,(H,14,15)(H,16,17)/t8-/m1/s1. The van der Waals surface area contributed by atoms with Gasteiger partial charge in [-0.15, -0.1) is 0 Å². The third kappa shape index (κ3) is 3.02. The third-order valence-corrected chi connectivity index (χ3v) is 3.79. The Morgan fingerprint density at radius 2 is 2.10 bits per heavy atom. The van der Waals surface area contributed by atoms with Gasteiger partial charge in [-0.25, -0.2) is 18.4 Å². The van der Waals surface area contributed by atoms with Crippen LogP contribution in [-0.4, -0.2) is 35.5 Å². The van der Waals surface area contributed by atoms with Crippen LogP contribution in [0.3, 0.4) is 0 Å². The lowest BCUT2D eigenvalue weighted by atomic mass is 10.3. The molecule has 0 aliphatic carbocycles. The molecular weight excluding hydrogens is 280 g/mol. The molecule has 0 saturated heterocycles. The minimum Gasteiger partial charge on any atom is -0.347 e. The summed E-state index contributed by atoms with van der Waals surface area (Å²) in [6.07, 6.45) is 5.62. The third-order valence-electron chi connectivity index (χ3n) is 2.66. The van der Waals surface area contributed by atoms with E-state index < -0.39 is 15.7 Å². The van der Waals surface area contributed by atoms with Gasteiger partial charge in [-0.3, -0.25) is 4.79 Å². The predicted molar refractivity (Wildman–Crippen MR) is 71.8 cm³/mol. The molecule has 2 N–H and O–H groups in total. The van der Waals surface area contributed by atoms with Gasteiger partial charge in [0.15, 0.2) is 9.84 Å². The molecule has 0 spiro atoms. The summed E-state index contributed by atoms with van der Waals surface area (Å²) < 4.78 is 23.3. The zero-order valence-corrected chi connectivity index (χ0v) is 11.8.